The van der Waals surface area contributed by atoms with E-state index in [1.165, 1.54) is 81.2 Å². The Labute approximate surface area is 420 Å². The fourth-order valence-corrected chi connectivity index (χ4v) is 8.54. The van der Waals surface area contributed by atoms with Crippen molar-refractivity contribution in [3.05, 3.63) is 242 Å². The van der Waals surface area contributed by atoms with Crippen molar-refractivity contribution in [1.29, 1.82) is 0 Å². The summed E-state index contributed by atoms with van der Waals surface area (Å²) in [5, 5.41) is 22.2. The van der Waals surface area contributed by atoms with Gasteiger partial charge in [0.2, 0.25) is 0 Å². The van der Waals surface area contributed by atoms with Gasteiger partial charge in [0.15, 0.2) is 0 Å². The van der Waals surface area contributed by atoms with Gasteiger partial charge in [-0.3, -0.25) is 29.9 Å². The van der Waals surface area contributed by atoms with Crippen LogP contribution >= 0.6 is 0 Å². The SMILES string of the molecule is O=C(O)c1ccnc(-c2cc(C(=O)O)ccn2)c1.[Ru].c1ccc(-c2ccnc3c2ccc2c(-c4ccccc4)ccnc23)cc1.c1ccc(-c2ccnc3c2ccc2c(-c4ccccc4)ccnc23)cc1. The van der Waals surface area contributed by atoms with E-state index in [2.05, 4.69) is 175 Å². The number of fused-ring (bicyclic) bond motifs is 6. The number of rotatable bonds is 7. The molecule has 11 heteroatoms. The summed E-state index contributed by atoms with van der Waals surface area (Å²) >= 11 is 0. The van der Waals surface area contributed by atoms with E-state index in [1.807, 2.05) is 49.1 Å². The fraction of sp³-hybridized carbons (Fsp3) is 0. The van der Waals surface area contributed by atoms with E-state index in [1.54, 1.807) is 0 Å². The number of aromatic nitrogens is 6. The Morgan fingerprint density at radius 1 is 0.296 bits per heavy atom. The largest absolute Gasteiger partial charge is 0.478 e. The number of hydrogen-bond acceptors (Lipinski definition) is 8. The van der Waals surface area contributed by atoms with Gasteiger partial charge in [0.05, 0.1) is 44.6 Å². The van der Waals surface area contributed by atoms with Crippen molar-refractivity contribution in [3.63, 3.8) is 0 Å². The third-order valence-electron chi connectivity index (χ3n) is 11.9. The number of carbonyl (C=O) groups is 2. The molecular formula is C60H40N6O4Ru. The summed E-state index contributed by atoms with van der Waals surface area (Å²) in [6.07, 6.45) is 10.2. The molecule has 0 amide bonds. The van der Waals surface area contributed by atoms with Crippen LogP contribution in [0.1, 0.15) is 20.7 Å². The van der Waals surface area contributed by atoms with Crippen molar-refractivity contribution >= 4 is 55.6 Å². The Morgan fingerprint density at radius 3 is 0.775 bits per heavy atom. The number of carboxylic acid groups (broad SMARTS) is 2. The molecule has 71 heavy (non-hydrogen) atoms. The van der Waals surface area contributed by atoms with Crippen molar-refractivity contribution in [2.45, 2.75) is 0 Å². The van der Waals surface area contributed by atoms with Crippen LogP contribution in [-0.2, 0) is 19.5 Å². The van der Waals surface area contributed by atoms with E-state index in [-0.39, 0.29) is 30.6 Å². The zero-order chi connectivity index (χ0) is 47.8. The summed E-state index contributed by atoms with van der Waals surface area (Å²) in [5.74, 6) is -2.15. The molecule has 6 aromatic carbocycles. The van der Waals surface area contributed by atoms with Gasteiger partial charge in [-0.25, -0.2) is 9.59 Å². The van der Waals surface area contributed by atoms with Gasteiger partial charge >= 0.3 is 11.9 Å². The van der Waals surface area contributed by atoms with Crippen molar-refractivity contribution in [1.82, 2.24) is 29.9 Å². The number of aromatic carboxylic acids is 2. The minimum Gasteiger partial charge on any atom is -0.478 e. The Balaban J connectivity index is 0.000000134. The average molecular weight is 1010 g/mol. The van der Waals surface area contributed by atoms with Crippen LogP contribution < -0.4 is 0 Å². The maximum Gasteiger partial charge on any atom is 0.335 e. The molecule has 2 N–H and O–H groups in total. The van der Waals surface area contributed by atoms with Crippen LogP contribution in [0.4, 0.5) is 0 Å². The standard InChI is InChI=1S/2C24H16N2.C12H8N2O4.Ru/c2*1-3-7-17(8-4-1)19-13-15-25-23-21(19)11-12-22-20(14-16-26-24(22)23)18-9-5-2-6-10-18;15-11(16)7-1-3-13-9(5-7)10-6-8(12(17)18)2-4-14-10;/h2*1-16H;1-6H,(H,15,16)(H,17,18);. The van der Waals surface area contributed by atoms with Gasteiger partial charge in [0, 0.05) is 78.2 Å². The minimum atomic E-state index is -1.08. The first-order valence-electron chi connectivity index (χ1n) is 22.3. The molecule has 342 valence electrons. The molecule has 0 bridgehead atoms. The Kier molecular flexibility index (Phi) is 14.1. The van der Waals surface area contributed by atoms with Crippen molar-refractivity contribution in [2.75, 3.05) is 0 Å². The van der Waals surface area contributed by atoms with Gasteiger partial charge in [-0.15, -0.1) is 0 Å². The van der Waals surface area contributed by atoms with Crippen molar-refractivity contribution in [2.24, 2.45) is 0 Å². The molecule has 0 fully saturated rings. The molecule has 10 nitrogen and oxygen atoms in total. The first-order chi connectivity index (χ1) is 34.4. The average Bonchev–Trinajstić information content (AvgIpc) is 3.43. The van der Waals surface area contributed by atoms with E-state index in [4.69, 9.17) is 10.2 Å². The number of hydrogen-bond donors (Lipinski definition) is 2. The predicted molar refractivity (Wildman–Crippen MR) is 277 cm³/mol. The molecule has 0 aliphatic carbocycles. The quantitative estimate of drug-likeness (QED) is 0.117. The number of nitrogens with zero attached hydrogens (tertiary/aromatic N) is 6. The summed E-state index contributed by atoms with van der Waals surface area (Å²) in [6.45, 7) is 0. The topological polar surface area (TPSA) is 152 Å². The molecule has 0 spiro atoms. The second-order valence-corrected chi connectivity index (χ2v) is 16.1. The summed E-state index contributed by atoms with van der Waals surface area (Å²) in [7, 11) is 0. The van der Waals surface area contributed by atoms with Crippen molar-refractivity contribution in [3.8, 4) is 55.9 Å². The zero-order valence-corrected chi connectivity index (χ0v) is 39.4. The molecule has 12 aromatic rings. The first kappa shape index (κ1) is 46.9. The summed E-state index contributed by atoms with van der Waals surface area (Å²) in [6, 6.07) is 64.1. The van der Waals surface area contributed by atoms with Gasteiger partial charge in [-0.05, 0) is 93.0 Å². The number of carboxylic acids is 2. The Bertz CT molecular complexity index is 3400. The molecule has 0 aliphatic heterocycles. The second-order valence-electron chi connectivity index (χ2n) is 16.1. The fourth-order valence-electron chi connectivity index (χ4n) is 8.54. The monoisotopic (exact) mass is 1010 g/mol. The molecule has 0 aliphatic rings. The molecule has 0 saturated carbocycles. The molecule has 12 rings (SSSR count). The van der Waals surface area contributed by atoms with Crippen LogP contribution in [0.25, 0.3) is 99.5 Å². The molecule has 6 aromatic heterocycles. The summed E-state index contributed by atoms with van der Waals surface area (Å²) in [4.78, 5) is 48.3. The molecule has 0 saturated heterocycles. The Hall–Kier alpha value is -9.18. The van der Waals surface area contributed by atoms with Gasteiger partial charge in [-0.1, -0.05) is 146 Å². The summed E-state index contributed by atoms with van der Waals surface area (Å²) in [5.41, 5.74) is 14.1. The Morgan fingerprint density at radius 2 is 0.535 bits per heavy atom. The second kappa shape index (κ2) is 21.4. The van der Waals surface area contributed by atoms with Gasteiger partial charge < -0.3 is 10.2 Å². The zero-order valence-electron chi connectivity index (χ0n) is 37.7. The third kappa shape index (κ3) is 10.0. The molecule has 0 atom stereocenters. The van der Waals surface area contributed by atoms with E-state index in [0.29, 0.717) is 11.4 Å². The van der Waals surface area contributed by atoms with Crippen LogP contribution in [0, 0.1) is 0 Å². The van der Waals surface area contributed by atoms with Crippen LogP contribution in [-0.4, -0.2) is 52.1 Å². The van der Waals surface area contributed by atoms with E-state index < -0.39 is 11.9 Å². The van der Waals surface area contributed by atoms with Crippen LogP contribution in [0.5, 0.6) is 0 Å². The molecule has 0 radical (unpaired) electrons. The van der Waals surface area contributed by atoms with Crippen LogP contribution in [0.2, 0.25) is 0 Å². The maximum atomic E-state index is 10.8. The smallest absolute Gasteiger partial charge is 0.335 e. The molecular weight excluding hydrogens is 970 g/mol. The van der Waals surface area contributed by atoms with E-state index >= 15 is 0 Å². The number of benzene rings is 6. The third-order valence-corrected chi connectivity index (χ3v) is 11.9. The van der Waals surface area contributed by atoms with Gasteiger partial charge in [0.1, 0.15) is 0 Å². The molecule has 6 heterocycles. The van der Waals surface area contributed by atoms with Gasteiger partial charge in [0.25, 0.3) is 0 Å². The van der Waals surface area contributed by atoms with E-state index in [0.717, 1.165) is 43.6 Å². The van der Waals surface area contributed by atoms with E-state index in [9.17, 15) is 9.59 Å². The summed E-state index contributed by atoms with van der Waals surface area (Å²) < 4.78 is 0. The first-order valence-corrected chi connectivity index (χ1v) is 22.3. The maximum absolute atomic E-state index is 10.8. The van der Waals surface area contributed by atoms with Crippen LogP contribution in [0.15, 0.2) is 231 Å². The molecule has 0 unspecified atom stereocenters. The predicted octanol–water partition coefficient (Wildman–Crippen LogP) is 13.8. The number of pyridine rings is 6. The van der Waals surface area contributed by atoms with Gasteiger partial charge in [-0.2, -0.15) is 0 Å². The normalized spacial score (nSPS) is 10.6. The van der Waals surface area contributed by atoms with Crippen LogP contribution in [0.3, 0.4) is 0 Å². The van der Waals surface area contributed by atoms with Crippen molar-refractivity contribution < 1.29 is 39.3 Å². The minimum absolute atomic E-state index is 0.